The Morgan fingerprint density at radius 1 is 1.14 bits per heavy atom. The summed E-state index contributed by atoms with van der Waals surface area (Å²) in [6.07, 6.45) is 6.66. The van der Waals surface area contributed by atoms with Gasteiger partial charge in [-0.15, -0.1) is 0 Å². The topological polar surface area (TPSA) is 55.7 Å². The number of urea groups is 1. The molecule has 6 nitrogen and oxygen atoms in total. The van der Waals surface area contributed by atoms with E-state index in [0.717, 1.165) is 37.4 Å². The van der Waals surface area contributed by atoms with Crippen molar-refractivity contribution < 1.29 is 14.3 Å². The molecule has 1 unspecified atom stereocenters. The first-order valence-corrected chi connectivity index (χ1v) is 10.8. The molecule has 154 valence electrons. The second kappa shape index (κ2) is 7.32. The van der Waals surface area contributed by atoms with Crippen molar-refractivity contribution in [3.8, 4) is 11.5 Å². The maximum absolute atomic E-state index is 13.1. The van der Waals surface area contributed by atoms with Crippen LogP contribution in [0.25, 0.3) is 0 Å². The first-order chi connectivity index (χ1) is 14.2. The van der Waals surface area contributed by atoms with E-state index < -0.39 is 0 Å². The quantitative estimate of drug-likeness (QED) is 0.859. The van der Waals surface area contributed by atoms with Gasteiger partial charge in [0.25, 0.3) is 0 Å². The lowest BCUT2D eigenvalue weighted by atomic mass is 9.78. The molecule has 3 aliphatic rings. The minimum Gasteiger partial charge on any atom is -0.486 e. The van der Waals surface area contributed by atoms with Gasteiger partial charge in [0.1, 0.15) is 13.2 Å². The number of hydrogen-bond acceptors (Lipinski definition) is 3. The molecule has 5 rings (SSSR count). The van der Waals surface area contributed by atoms with Crippen molar-refractivity contribution in [1.29, 1.82) is 0 Å². The number of hydrogen-bond donors (Lipinski definition) is 1. The zero-order chi connectivity index (χ0) is 19.8. The second-order valence-electron chi connectivity index (χ2n) is 8.50. The number of ether oxygens (including phenoxy) is 2. The molecule has 0 saturated heterocycles. The molecule has 2 aliphatic heterocycles. The number of aromatic nitrogens is 1. The fourth-order valence-corrected chi connectivity index (χ4v) is 5.20. The van der Waals surface area contributed by atoms with Gasteiger partial charge in [-0.1, -0.05) is 18.9 Å². The van der Waals surface area contributed by atoms with Crippen molar-refractivity contribution in [3.05, 3.63) is 47.8 Å². The predicted octanol–water partition coefficient (Wildman–Crippen LogP) is 3.86. The van der Waals surface area contributed by atoms with Crippen LogP contribution in [0.3, 0.4) is 0 Å². The van der Waals surface area contributed by atoms with E-state index in [9.17, 15) is 4.79 Å². The number of rotatable bonds is 3. The van der Waals surface area contributed by atoms with Gasteiger partial charge >= 0.3 is 6.03 Å². The Kier molecular flexibility index (Phi) is 4.64. The lowest BCUT2D eigenvalue weighted by molar-refractivity contribution is 0.159. The van der Waals surface area contributed by atoms with Crippen LogP contribution in [0, 0.1) is 0 Å². The van der Waals surface area contributed by atoms with Gasteiger partial charge < -0.3 is 24.3 Å². The van der Waals surface area contributed by atoms with Crippen molar-refractivity contribution >= 4 is 6.03 Å². The summed E-state index contributed by atoms with van der Waals surface area (Å²) in [7, 11) is 0. The molecule has 1 aromatic carbocycles. The molecule has 2 aromatic rings. The third-order valence-electron chi connectivity index (χ3n) is 6.90. The van der Waals surface area contributed by atoms with Gasteiger partial charge in [0.15, 0.2) is 11.5 Å². The summed E-state index contributed by atoms with van der Waals surface area (Å²) >= 11 is 0. The summed E-state index contributed by atoms with van der Waals surface area (Å²) in [5, 5.41) is 3.27. The molecule has 1 aliphatic carbocycles. The first kappa shape index (κ1) is 18.4. The fraction of sp³-hybridized carbons (Fsp3) is 0.522. The Morgan fingerprint density at radius 2 is 1.93 bits per heavy atom. The molecule has 0 spiro atoms. The van der Waals surface area contributed by atoms with Crippen LogP contribution in [0.4, 0.5) is 4.79 Å². The van der Waals surface area contributed by atoms with Crippen molar-refractivity contribution in [3.63, 3.8) is 0 Å². The minimum absolute atomic E-state index is 0.0231. The Balaban J connectivity index is 1.32. The summed E-state index contributed by atoms with van der Waals surface area (Å²) in [5.74, 6) is 1.65. The highest BCUT2D eigenvalue weighted by Gasteiger charge is 2.38. The van der Waals surface area contributed by atoms with Crippen LogP contribution in [0.2, 0.25) is 0 Å². The van der Waals surface area contributed by atoms with Crippen molar-refractivity contribution in [2.24, 2.45) is 0 Å². The molecule has 0 bridgehead atoms. The zero-order valence-corrected chi connectivity index (χ0v) is 17.0. The third kappa shape index (κ3) is 3.24. The predicted molar refractivity (Wildman–Crippen MR) is 111 cm³/mol. The van der Waals surface area contributed by atoms with Gasteiger partial charge in [0.2, 0.25) is 0 Å². The molecule has 2 amide bonds. The van der Waals surface area contributed by atoms with Crippen LogP contribution in [0.15, 0.2) is 36.5 Å². The van der Waals surface area contributed by atoms with E-state index in [1.165, 1.54) is 24.1 Å². The number of carbonyl (C=O) groups is 1. The van der Waals surface area contributed by atoms with Gasteiger partial charge in [0.05, 0.1) is 6.04 Å². The third-order valence-corrected chi connectivity index (χ3v) is 6.90. The van der Waals surface area contributed by atoms with Gasteiger partial charge in [-0.3, -0.25) is 0 Å². The van der Waals surface area contributed by atoms with Crippen molar-refractivity contribution in [2.75, 3.05) is 26.3 Å². The Morgan fingerprint density at radius 3 is 2.76 bits per heavy atom. The summed E-state index contributed by atoms with van der Waals surface area (Å²) in [6, 6.07) is 10.6. The van der Waals surface area contributed by atoms with Crippen LogP contribution in [0.1, 0.15) is 49.9 Å². The Bertz CT molecular complexity index is 901. The molecule has 1 fully saturated rings. The zero-order valence-electron chi connectivity index (χ0n) is 17.0. The summed E-state index contributed by atoms with van der Waals surface area (Å²) in [5.41, 5.74) is 2.43. The normalized spacial score (nSPS) is 22.2. The van der Waals surface area contributed by atoms with Crippen LogP contribution in [0.5, 0.6) is 11.5 Å². The number of amides is 2. The largest absolute Gasteiger partial charge is 0.486 e. The molecular weight excluding hydrogens is 366 g/mol. The van der Waals surface area contributed by atoms with Gasteiger partial charge in [-0.25, -0.2) is 4.79 Å². The molecule has 1 N–H and O–H groups in total. The summed E-state index contributed by atoms with van der Waals surface area (Å²) in [4.78, 5) is 15.0. The van der Waals surface area contributed by atoms with Gasteiger partial charge in [-0.2, -0.15) is 0 Å². The molecule has 1 atom stereocenters. The highest BCUT2D eigenvalue weighted by atomic mass is 16.6. The standard InChI is InChI=1S/C23H29N3O3/c1-17-19-5-4-10-25(19)11-12-26(17)22(27)24-16-23(8-2-3-9-23)18-6-7-20-21(15-18)29-14-13-28-20/h4-7,10,15,17H,2-3,8-9,11-14,16H2,1H3,(H,24,27). The van der Waals surface area contributed by atoms with E-state index in [1.807, 2.05) is 11.0 Å². The second-order valence-corrected chi connectivity index (χ2v) is 8.50. The summed E-state index contributed by atoms with van der Waals surface area (Å²) < 4.78 is 13.7. The maximum atomic E-state index is 13.1. The minimum atomic E-state index is -0.0231. The van der Waals surface area contributed by atoms with Crippen LogP contribution in [-0.2, 0) is 12.0 Å². The summed E-state index contributed by atoms with van der Waals surface area (Å²) in [6.45, 7) is 5.56. The molecule has 6 heteroatoms. The van der Waals surface area contributed by atoms with Gasteiger partial charge in [-0.05, 0) is 49.6 Å². The van der Waals surface area contributed by atoms with E-state index in [4.69, 9.17) is 9.47 Å². The molecule has 1 aromatic heterocycles. The van der Waals surface area contributed by atoms with Crippen molar-refractivity contribution in [1.82, 2.24) is 14.8 Å². The van der Waals surface area contributed by atoms with Crippen LogP contribution in [-0.4, -0.2) is 41.8 Å². The van der Waals surface area contributed by atoms with Gasteiger partial charge in [0, 0.05) is 36.9 Å². The van der Waals surface area contributed by atoms with E-state index in [-0.39, 0.29) is 17.5 Å². The molecule has 29 heavy (non-hydrogen) atoms. The molecule has 0 radical (unpaired) electrons. The Hall–Kier alpha value is -2.63. The molecule has 1 saturated carbocycles. The first-order valence-electron chi connectivity index (χ1n) is 10.8. The number of nitrogens with zero attached hydrogens (tertiary/aromatic N) is 2. The SMILES string of the molecule is CC1c2cccn2CCN1C(=O)NCC1(c2ccc3c(c2)OCCO3)CCCC1. The highest BCUT2D eigenvalue weighted by molar-refractivity contribution is 5.75. The lowest BCUT2D eigenvalue weighted by Crippen LogP contribution is -2.49. The maximum Gasteiger partial charge on any atom is 0.318 e. The average molecular weight is 396 g/mol. The number of nitrogens with one attached hydrogen (secondary N) is 1. The smallest absolute Gasteiger partial charge is 0.318 e. The highest BCUT2D eigenvalue weighted by Crippen LogP contribution is 2.44. The van der Waals surface area contributed by atoms with E-state index in [1.54, 1.807) is 0 Å². The van der Waals surface area contributed by atoms with E-state index in [0.29, 0.717) is 19.8 Å². The average Bonchev–Trinajstić information content (AvgIpc) is 3.43. The number of carbonyl (C=O) groups excluding carboxylic acids is 1. The van der Waals surface area contributed by atoms with Crippen molar-refractivity contribution in [2.45, 2.75) is 50.6 Å². The van der Waals surface area contributed by atoms with Crippen LogP contribution < -0.4 is 14.8 Å². The van der Waals surface area contributed by atoms with E-state index >= 15 is 0 Å². The van der Waals surface area contributed by atoms with Crippen LogP contribution >= 0.6 is 0 Å². The Labute approximate surface area is 171 Å². The number of benzene rings is 1. The van der Waals surface area contributed by atoms with E-state index in [2.05, 4.69) is 47.3 Å². The monoisotopic (exact) mass is 395 g/mol. The fourth-order valence-electron chi connectivity index (χ4n) is 5.20. The number of fused-ring (bicyclic) bond motifs is 2. The lowest BCUT2D eigenvalue weighted by Gasteiger charge is -2.37. The molecule has 3 heterocycles. The molecular formula is C23H29N3O3.